The third-order valence-corrected chi connectivity index (χ3v) is 4.25. The van der Waals surface area contributed by atoms with Gasteiger partial charge in [-0.25, -0.2) is 0 Å². The zero-order valence-corrected chi connectivity index (χ0v) is 13.9. The summed E-state index contributed by atoms with van der Waals surface area (Å²) in [6.45, 7) is 3.80. The fourth-order valence-electron chi connectivity index (χ4n) is 2.92. The third-order valence-electron chi connectivity index (χ3n) is 4.25. The highest BCUT2D eigenvalue weighted by atomic mass is 16.6. The molecule has 4 rings (SSSR count). The van der Waals surface area contributed by atoms with Crippen molar-refractivity contribution in [3.8, 4) is 11.7 Å². The van der Waals surface area contributed by atoms with E-state index in [9.17, 15) is 4.79 Å². The maximum absolute atomic E-state index is 12.7. The Morgan fingerprint density at radius 1 is 1.08 bits per heavy atom. The van der Waals surface area contributed by atoms with Crippen molar-refractivity contribution in [1.82, 2.24) is 19.7 Å². The van der Waals surface area contributed by atoms with Gasteiger partial charge in [-0.1, -0.05) is 18.2 Å². The van der Waals surface area contributed by atoms with Crippen LogP contribution >= 0.6 is 0 Å². The van der Waals surface area contributed by atoms with E-state index < -0.39 is 0 Å². The first-order chi connectivity index (χ1) is 12.2. The van der Waals surface area contributed by atoms with E-state index in [2.05, 4.69) is 14.8 Å². The van der Waals surface area contributed by atoms with E-state index in [1.807, 2.05) is 37.3 Å². The maximum atomic E-state index is 12.7. The molecule has 128 valence electrons. The molecule has 0 unspecified atom stereocenters. The summed E-state index contributed by atoms with van der Waals surface area (Å²) in [6.07, 6.45) is 0.681. The van der Waals surface area contributed by atoms with Crippen LogP contribution in [0.4, 0.5) is 0 Å². The zero-order valence-electron chi connectivity index (χ0n) is 13.9. The number of ether oxygens (including phenoxy) is 1. The lowest BCUT2D eigenvalue weighted by atomic mass is 10.3. The molecular weight excluding hydrogens is 320 g/mol. The van der Waals surface area contributed by atoms with E-state index >= 15 is 0 Å². The molecule has 0 fully saturated rings. The molecule has 1 amide bonds. The molecule has 25 heavy (non-hydrogen) atoms. The van der Waals surface area contributed by atoms with Crippen molar-refractivity contribution >= 4 is 5.91 Å². The van der Waals surface area contributed by atoms with Crippen LogP contribution in [-0.2, 0) is 13.0 Å². The summed E-state index contributed by atoms with van der Waals surface area (Å²) in [5.74, 6) is 2.90. The van der Waals surface area contributed by atoms with Crippen LogP contribution in [0.15, 0.2) is 46.9 Å². The van der Waals surface area contributed by atoms with Crippen LogP contribution in [0.1, 0.15) is 22.2 Å². The molecule has 3 heterocycles. The molecule has 1 aliphatic heterocycles. The number of carbonyl (C=O) groups excluding carboxylic acids is 1. The highest BCUT2D eigenvalue weighted by Gasteiger charge is 2.24. The van der Waals surface area contributed by atoms with Gasteiger partial charge in [0.05, 0.1) is 0 Å². The summed E-state index contributed by atoms with van der Waals surface area (Å²) >= 11 is 0. The average molecular weight is 338 g/mol. The van der Waals surface area contributed by atoms with E-state index in [0.29, 0.717) is 37.8 Å². The normalized spacial score (nSPS) is 14.0. The van der Waals surface area contributed by atoms with Crippen LogP contribution in [0, 0.1) is 6.92 Å². The predicted octanol–water partition coefficient (Wildman–Crippen LogP) is 2.67. The number of aryl methyl sites for hydroxylation is 1. The lowest BCUT2D eigenvalue weighted by Crippen LogP contribution is -2.33. The van der Waals surface area contributed by atoms with Crippen LogP contribution in [0.2, 0.25) is 0 Å². The Kier molecular flexibility index (Phi) is 3.97. The maximum Gasteiger partial charge on any atom is 0.290 e. The van der Waals surface area contributed by atoms with Gasteiger partial charge in [0.2, 0.25) is 0 Å². The fraction of sp³-hybridized carbons (Fsp3) is 0.278. The molecule has 0 spiro atoms. The van der Waals surface area contributed by atoms with Crippen molar-refractivity contribution in [3.63, 3.8) is 0 Å². The number of carbonyl (C=O) groups is 1. The lowest BCUT2D eigenvalue weighted by molar-refractivity contribution is 0.0721. The van der Waals surface area contributed by atoms with Gasteiger partial charge in [0.25, 0.3) is 11.9 Å². The summed E-state index contributed by atoms with van der Waals surface area (Å²) in [7, 11) is 0. The second-order valence-electron chi connectivity index (χ2n) is 5.89. The van der Waals surface area contributed by atoms with Crippen LogP contribution in [0.5, 0.6) is 11.7 Å². The molecule has 0 N–H and O–H groups in total. The van der Waals surface area contributed by atoms with Gasteiger partial charge in [0.15, 0.2) is 5.76 Å². The molecule has 7 heteroatoms. The van der Waals surface area contributed by atoms with Crippen LogP contribution < -0.4 is 4.74 Å². The molecule has 3 aromatic rings. The van der Waals surface area contributed by atoms with Gasteiger partial charge in [-0.2, -0.15) is 0 Å². The number of hydrogen-bond acceptors (Lipinski definition) is 5. The first-order valence-electron chi connectivity index (χ1n) is 8.21. The third kappa shape index (κ3) is 3.13. The number of benzene rings is 1. The molecule has 0 radical (unpaired) electrons. The summed E-state index contributed by atoms with van der Waals surface area (Å²) in [4.78, 5) is 14.5. The monoisotopic (exact) mass is 338 g/mol. The van der Waals surface area contributed by atoms with Gasteiger partial charge in [0, 0.05) is 32.1 Å². The fourth-order valence-corrected chi connectivity index (χ4v) is 2.92. The summed E-state index contributed by atoms with van der Waals surface area (Å²) in [5.41, 5.74) is 0. The molecule has 0 bridgehead atoms. The smallest absolute Gasteiger partial charge is 0.290 e. The Labute approximate surface area is 144 Å². The number of furan rings is 1. The second kappa shape index (κ2) is 6.43. The summed E-state index contributed by atoms with van der Waals surface area (Å²) in [6, 6.07) is 12.6. The van der Waals surface area contributed by atoms with Crippen molar-refractivity contribution in [2.24, 2.45) is 0 Å². The number of aromatic nitrogens is 3. The van der Waals surface area contributed by atoms with E-state index in [1.165, 1.54) is 0 Å². The van der Waals surface area contributed by atoms with Crippen LogP contribution in [-0.4, -0.2) is 38.7 Å². The Morgan fingerprint density at radius 3 is 2.76 bits per heavy atom. The van der Waals surface area contributed by atoms with E-state index in [4.69, 9.17) is 9.15 Å². The quantitative estimate of drug-likeness (QED) is 0.734. The molecule has 0 saturated carbocycles. The highest BCUT2D eigenvalue weighted by Crippen LogP contribution is 2.24. The molecule has 0 saturated heterocycles. The number of rotatable bonds is 3. The minimum Gasteiger partial charge on any atom is -0.426 e. The minimum atomic E-state index is -0.140. The Bertz CT molecular complexity index is 885. The first kappa shape index (κ1) is 15.4. The van der Waals surface area contributed by atoms with Crippen molar-refractivity contribution in [3.05, 3.63) is 59.9 Å². The molecule has 0 aliphatic carbocycles. The highest BCUT2D eigenvalue weighted by molar-refractivity contribution is 5.91. The van der Waals surface area contributed by atoms with Crippen molar-refractivity contribution < 1.29 is 13.9 Å². The number of para-hydroxylation sites is 1. The molecule has 1 aromatic carbocycles. The van der Waals surface area contributed by atoms with Crippen LogP contribution in [0.25, 0.3) is 0 Å². The molecule has 0 atom stereocenters. The lowest BCUT2D eigenvalue weighted by Gasteiger charge is -2.18. The van der Waals surface area contributed by atoms with Crippen molar-refractivity contribution in [2.75, 3.05) is 13.1 Å². The second-order valence-corrected chi connectivity index (χ2v) is 5.89. The Morgan fingerprint density at radius 2 is 1.92 bits per heavy atom. The van der Waals surface area contributed by atoms with Gasteiger partial charge >= 0.3 is 0 Å². The van der Waals surface area contributed by atoms with E-state index in [1.54, 1.807) is 17.0 Å². The number of fused-ring (bicyclic) bond motifs is 1. The molecular formula is C18H18N4O3. The number of amides is 1. The number of hydrogen-bond donors (Lipinski definition) is 0. The zero-order chi connectivity index (χ0) is 17.2. The summed E-state index contributed by atoms with van der Waals surface area (Å²) < 4.78 is 13.2. The SMILES string of the molecule is Cc1nnc2n1CCN(C(=O)c1ccc(Oc3ccccc3)o1)CC2. The van der Waals surface area contributed by atoms with Gasteiger partial charge in [-0.15, -0.1) is 10.2 Å². The molecule has 1 aliphatic rings. The predicted molar refractivity (Wildman–Crippen MR) is 89.6 cm³/mol. The molecule has 7 nitrogen and oxygen atoms in total. The number of nitrogens with zero attached hydrogens (tertiary/aromatic N) is 4. The Balaban J connectivity index is 1.45. The molecule has 2 aromatic heterocycles. The van der Waals surface area contributed by atoms with Gasteiger partial charge in [0.1, 0.15) is 17.4 Å². The van der Waals surface area contributed by atoms with Crippen molar-refractivity contribution in [2.45, 2.75) is 19.9 Å². The average Bonchev–Trinajstić information content (AvgIpc) is 3.16. The topological polar surface area (TPSA) is 73.4 Å². The summed E-state index contributed by atoms with van der Waals surface area (Å²) in [5, 5.41) is 8.25. The minimum absolute atomic E-state index is 0.140. The van der Waals surface area contributed by atoms with Gasteiger partial charge < -0.3 is 18.6 Å². The van der Waals surface area contributed by atoms with E-state index in [-0.39, 0.29) is 11.7 Å². The van der Waals surface area contributed by atoms with Crippen LogP contribution in [0.3, 0.4) is 0 Å². The Hall–Kier alpha value is -3.09. The van der Waals surface area contributed by atoms with Gasteiger partial charge in [-0.05, 0) is 25.1 Å². The largest absolute Gasteiger partial charge is 0.426 e. The van der Waals surface area contributed by atoms with Crippen molar-refractivity contribution in [1.29, 1.82) is 0 Å². The van der Waals surface area contributed by atoms with Gasteiger partial charge in [-0.3, -0.25) is 4.79 Å². The first-order valence-corrected chi connectivity index (χ1v) is 8.21. The standard InChI is InChI=1S/C18H18N4O3/c1-13-19-20-16-9-10-21(11-12-22(13)16)18(23)15-7-8-17(25-15)24-14-5-3-2-4-6-14/h2-8H,9-12H2,1H3. The van der Waals surface area contributed by atoms with E-state index in [0.717, 1.165) is 11.6 Å².